The summed E-state index contributed by atoms with van der Waals surface area (Å²) in [5.41, 5.74) is 0.263. The summed E-state index contributed by atoms with van der Waals surface area (Å²) in [4.78, 5) is 0. The summed E-state index contributed by atoms with van der Waals surface area (Å²) in [6.07, 6.45) is 4.51. The van der Waals surface area contributed by atoms with E-state index >= 15 is 0 Å². The van der Waals surface area contributed by atoms with Gasteiger partial charge in [-0.1, -0.05) is 20.3 Å². The standard InChI is InChI=1S/C13H29NO/c1-7-9-13(5,8-2)15-11-10-12(3,4)14-6/h14H,7-11H2,1-6H3. The summed E-state index contributed by atoms with van der Waals surface area (Å²) in [6.45, 7) is 11.9. The van der Waals surface area contributed by atoms with Crippen molar-refractivity contribution in [1.29, 1.82) is 0 Å². The van der Waals surface area contributed by atoms with Crippen molar-refractivity contribution in [2.24, 2.45) is 0 Å². The van der Waals surface area contributed by atoms with Crippen LogP contribution in [0.4, 0.5) is 0 Å². The van der Waals surface area contributed by atoms with Gasteiger partial charge in [-0.15, -0.1) is 0 Å². The second-order valence-electron chi connectivity index (χ2n) is 5.29. The zero-order valence-corrected chi connectivity index (χ0v) is 11.4. The molecule has 0 bridgehead atoms. The molecule has 2 nitrogen and oxygen atoms in total. The molecule has 0 rings (SSSR count). The van der Waals surface area contributed by atoms with E-state index in [-0.39, 0.29) is 11.1 Å². The molecule has 0 radical (unpaired) electrons. The number of nitrogens with one attached hydrogen (secondary N) is 1. The van der Waals surface area contributed by atoms with Gasteiger partial charge in [0.1, 0.15) is 0 Å². The van der Waals surface area contributed by atoms with Crippen LogP contribution in [-0.2, 0) is 4.74 Å². The van der Waals surface area contributed by atoms with E-state index in [9.17, 15) is 0 Å². The fraction of sp³-hybridized carbons (Fsp3) is 1.00. The van der Waals surface area contributed by atoms with E-state index < -0.39 is 0 Å². The average Bonchev–Trinajstić information content (AvgIpc) is 2.18. The lowest BCUT2D eigenvalue weighted by atomic mass is 9.96. The Kier molecular flexibility index (Phi) is 6.46. The molecule has 15 heavy (non-hydrogen) atoms. The summed E-state index contributed by atoms with van der Waals surface area (Å²) in [5.74, 6) is 0. The number of hydrogen-bond donors (Lipinski definition) is 1. The van der Waals surface area contributed by atoms with Crippen molar-refractivity contribution in [3.63, 3.8) is 0 Å². The van der Waals surface area contributed by atoms with Crippen molar-refractivity contribution in [3.8, 4) is 0 Å². The van der Waals surface area contributed by atoms with Crippen molar-refractivity contribution in [1.82, 2.24) is 5.32 Å². The highest BCUT2D eigenvalue weighted by Crippen LogP contribution is 2.22. The lowest BCUT2D eigenvalue weighted by Gasteiger charge is -2.31. The molecule has 0 saturated heterocycles. The van der Waals surface area contributed by atoms with Gasteiger partial charge in [-0.25, -0.2) is 0 Å². The molecule has 0 fully saturated rings. The van der Waals surface area contributed by atoms with Crippen molar-refractivity contribution in [2.45, 2.75) is 71.4 Å². The summed E-state index contributed by atoms with van der Waals surface area (Å²) in [6, 6.07) is 0. The van der Waals surface area contributed by atoms with Gasteiger partial charge in [-0.3, -0.25) is 0 Å². The molecule has 1 unspecified atom stereocenters. The van der Waals surface area contributed by atoms with E-state index in [1.807, 2.05) is 7.05 Å². The Labute approximate surface area is 95.8 Å². The van der Waals surface area contributed by atoms with E-state index in [2.05, 4.69) is 39.9 Å². The summed E-state index contributed by atoms with van der Waals surface area (Å²) in [7, 11) is 2.01. The first-order chi connectivity index (χ1) is 6.89. The van der Waals surface area contributed by atoms with Gasteiger partial charge in [0.25, 0.3) is 0 Å². The third kappa shape index (κ3) is 6.16. The van der Waals surface area contributed by atoms with Crippen molar-refractivity contribution >= 4 is 0 Å². The monoisotopic (exact) mass is 215 g/mol. The lowest BCUT2D eigenvalue weighted by molar-refractivity contribution is -0.0470. The van der Waals surface area contributed by atoms with Gasteiger partial charge in [0.05, 0.1) is 5.60 Å². The summed E-state index contributed by atoms with van der Waals surface area (Å²) in [5, 5.41) is 3.30. The normalized spacial score (nSPS) is 16.4. The largest absolute Gasteiger partial charge is 0.375 e. The first kappa shape index (κ1) is 14.9. The zero-order chi connectivity index (χ0) is 11.9. The lowest BCUT2D eigenvalue weighted by Crippen LogP contribution is -2.38. The predicted molar refractivity (Wildman–Crippen MR) is 67.3 cm³/mol. The number of rotatable bonds is 8. The number of hydrogen-bond acceptors (Lipinski definition) is 2. The van der Waals surface area contributed by atoms with Gasteiger partial charge in [0, 0.05) is 12.1 Å². The first-order valence-corrected chi connectivity index (χ1v) is 6.22. The minimum atomic E-state index is 0.0819. The molecule has 0 amide bonds. The molecular formula is C13H29NO. The Morgan fingerprint density at radius 1 is 1.07 bits per heavy atom. The van der Waals surface area contributed by atoms with Gasteiger partial charge in [0.15, 0.2) is 0 Å². The first-order valence-electron chi connectivity index (χ1n) is 6.22. The molecule has 2 heteroatoms. The average molecular weight is 215 g/mol. The molecule has 0 heterocycles. The van der Waals surface area contributed by atoms with Crippen LogP contribution in [0.1, 0.15) is 60.3 Å². The topological polar surface area (TPSA) is 21.3 Å². The van der Waals surface area contributed by atoms with Gasteiger partial charge < -0.3 is 10.1 Å². The van der Waals surface area contributed by atoms with E-state index in [0.717, 1.165) is 25.9 Å². The molecular weight excluding hydrogens is 186 g/mol. The van der Waals surface area contributed by atoms with Gasteiger partial charge in [-0.05, 0) is 47.1 Å². The van der Waals surface area contributed by atoms with Crippen LogP contribution in [0.3, 0.4) is 0 Å². The fourth-order valence-corrected chi connectivity index (χ4v) is 1.56. The van der Waals surface area contributed by atoms with Crippen LogP contribution in [0.5, 0.6) is 0 Å². The van der Waals surface area contributed by atoms with Crippen molar-refractivity contribution in [3.05, 3.63) is 0 Å². The van der Waals surface area contributed by atoms with E-state index in [1.54, 1.807) is 0 Å². The summed E-state index contributed by atoms with van der Waals surface area (Å²) >= 11 is 0. The minimum Gasteiger partial charge on any atom is -0.375 e. The molecule has 0 aliphatic carbocycles. The van der Waals surface area contributed by atoms with E-state index in [4.69, 9.17) is 4.74 Å². The van der Waals surface area contributed by atoms with Crippen LogP contribution in [0.15, 0.2) is 0 Å². The van der Waals surface area contributed by atoms with Crippen LogP contribution >= 0.6 is 0 Å². The highest BCUT2D eigenvalue weighted by molar-refractivity contribution is 4.77. The second-order valence-corrected chi connectivity index (χ2v) is 5.29. The molecule has 1 atom stereocenters. The maximum atomic E-state index is 6.02. The Morgan fingerprint density at radius 2 is 1.67 bits per heavy atom. The van der Waals surface area contributed by atoms with Crippen LogP contribution in [0.2, 0.25) is 0 Å². The predicted octanol–water partition coefficient (Wildman–Crippen LogP) is 3.36. The zero-order valence-electron chi connectivity index (χ0n) is 11.4. The third-order valence-electron chi connectivity index (χ3n) is 3.38. The Bertz CT molecular complexity index is 168. The molecule has 0 aliphatic rings. The number of ether oxygens (including phenoxy) is 1. The Morgan fingerprint density at radius 3 is 2.07 bits per heavy atom. The highest BCUT2D eigenvalue weighted by Gasteiger charge is 2.23. The van der Waals surface area contributed by atoms with Crippen molar-refractivity contribution in [2.75, 3.05) is 13.7 Å². The minimum absolute atomic E-state index is 0.0819. The Balaban J connectivity index is 3.91. The molecule has 92 valence electrons. The smallest absolute Gasteiger partial charge is 0.0651 e. The molecule has 0 spiro atoms. The van der Waals surface area contributed by atoms with Crippen LogP contribution < -0.4 is 5.32 Å². The highest BCUT2D eigenvalue weighted by atomic mass is 16.5. The van der Waals surface area contributed by atoms with Crippen LogP contribution in [-0.4, -0.2) is 24.8 Å². The molecule has 0 aliphatic heterocycles. The molecule has 0 aromatic rings. The molecule has 0 saturated carbocycles. The quantitative estimate of drug-likeness (QED) is 0.670. The van der Waals surface area contributed by atoms with E-state index in [0.29, 0.717) is 0 Å². The van der Waals surface area contributed by atoms with Crippen LogP contribution in [0.25, 0.3) is 0 Å². The molecule has 0 aromatic carbocycles. The fourth-order valence-electron chi connectivity index (χ4n) is 1.56. The maximum Gasteiger partial charge on any atom is 0.0651 e. The maximum absolute atomic E-state index is 6.02. The Hall–Kier alpha value is -0.0800. The van der Waals surface area contributed by atoms with Crippen molar-refractivity contribution < 1.29 is 4.74 Å². The van der Waals surface area contributed by atoms with Gasteiger partial charge in [0.2, 0.25) is 0 Å². The van der Waals surface area contributed by atoms with E-state index in [1.165, 1.54) is 6.42 Å². The molecule has 0 aromatic heterocycles. The molecule has 1 N–H and O–H groups in total. The van der Waals surface area contributed by atoms with Crippen LogP contribution in [0, 0.1) is 0 Å². The van der Waals surface area contributed by atoms with Gasteiger partial charge in [-0.2, -0.15) is 0 Å². The van der Waals surface area contributed by atoms with Gasteiger partial charge >= 0.3 is 0 Å². The third-order valence-corrected chi connectivity index (χ3v) is 3.38. The SMILES string of the molecule is CCCC(C)(CC)OCCC(C)(C)NC. The second kappa shape index (κ2) is 6.49. The summed E-state index contributed by atoms with van der Waals surface area (Å²) < 4.78 is 6.02.